The van der Waals surface area contributed by atoms with Crippen LogP contribution >= 0.6 is 0 Å². The maximum Gasteiger partial charge on any atom is 0.184 e. The van der Waals surface area contributed by atoms with E-state index in [9.17, 15) is 25.6 Å². The van der Waals surface area contributed by atoms with Gasteiger partial charge in [-0.15, -0.1) is 0 Å². The highest BCUT2D eigenvalue weighted by Gasteiger charge is 2.45. The van der Waals surface area contributed by atoms with E-state index in [2.05, 4.69) is 5.32 Å². The fourth-order valence-electron chi connectivity index (χ4n) is 3.46. The SMILES string of the molecule is Cc1cc(F)ccc1S(=O)(=O)[C@H]1CS(=O)(=O)C[C@@H]1NCCc1ccc(F)cc1. The summed E-state index contributed by atoms with van der Waals surface area (Å²) < 4.78 is 76.7. The summed E-state index contributed by atoms with van der Waals surface area (Å²) in [6.45, 7) is 1.83. The Morgan fingerprint density at radius 2 is 1.68 bits per heavy atom. The van der Waals surface area contributed by atoms with E-state index in [1.54, 1.807) is 12.1 Å². The van der Waals surface area contributed by atoms with E-state index in [1.807, 2.05) is 0 Å². The highest BCUT2D eigenvalue weighted by Crippen LogP contribution is 2.28. The summed E-state index contributed by atoms with van der Waals surface area (Å²) in [6.07, 6.45) is 0.499. The quantitative estimate of drug-likeness (QED) is 0.711. The summed E-state index contributed by atoms with van der Waals surface area (Å²) in [7, 11) is -7.49. The zero-order chi connectivity index (χ0) is 20.5. The van der Waals surface area contributed by atoms with Crippen molar-refractivity contribution >= 4 is 19.7 Å². The Labute approximate surface area is 163 Å². The van der Waals surface area contributed by atoms with Gasteiger partial charge in [-0.1, -0.05) is 12.1 Å². The van der Waals surface area contributed by atoms with Crippen LogP contribution in [0.25, 0.3) is 0 Å². The van der Waals surface area contributed by atoms with Crippen molar-refractivity contribution in [2.45, 2.75) is 29.5 Å². The average molecular weight is 430 g/mol. The first-order chi connectivity index (χ1) is 13.1. The van der Waals surface area contributed by atoms with E-state index in [-0.39, 0.29) is 22.0 Å². The van der Waals surface area contributed by atoms with Crippen LogP contribution in [0.3, 0.4) is 0 Å². The fraction of sp³-hybridized carbons (Fsp3) is 0.368. The lowest BCUT2D eigenvalue weighted by Gasteiger charge is -2.21. The van der Waals surface area contributed by atoms with Gasteiger partial charge < -0.3 is 5.32 Å². The van der Waals surface area contributed by atoms with Gasteiger partial charge in [0.25, 0.3) is 0 Å². The van der Waals surface area contributed by atoms with Crippen LogP contribution in [0.2, 0.25) is 0 Å². The van der Waals surface area contributed by atoms with Crippen LogP contribution < -0.4 is 5.32 Å². The molecule has 9 heteroatoms. The van der Waals surface area contributed by atoms with Gasteiger partial charge in [-0.05, 0) is 61.3 Å². The summed E-state index contributed by atoms with van der Waals surface area (Å²) in [5.41, 5.74) is 1.10. The molecular weight excluding hydrogens is 408 g/mol. The molecule has 2 aromatic rings. The molecule has 0 aromatic heterocycles. The van der Waals surface area contributed by atoms with E-state index >= 15 is 0 Å². The van der Waals surface area contributed by atoms with Gasteiger partial charge >= 0.3 is 0 Å². The van der Waals surface area contributed by atoms with Gasteiger partial charge in [0, 0.05) is 6.04 Å². The Morgan fingerprint density at radius 3 is 2.32 bits per heavy atom. The van der Waals surface area contributed by atoms with Gasteiger partial charge in [-0.3, -0.25) is 0 Å². The highest BCUT2D eigenvalue weighted by atomic mass is 32.2. The minimum atomic E-state index is -3.96. The van der Waals surface area contributed by atoms with Crippen LogP contribution in [-0.4, -0.2) is 46.2 Å². The first kappa shape index (κ1) is 20.9. The number of rotatable bonds is 6. The van der Waals surface area contributed by atoms with Gasteiger partial charge in [0.15, 0.2) is 19.7 Å². The van der Waals surface area contributed by atoms with Crippen LogP contribution in [0.1, 0.15) is 11.1 Å². The molecule has 152 valence electrons. The monoisotopic (exact) mass is 429 g/mol. The van der Waals surface area contributed by atoms with E-state index in [1.165, 1.54) is 25.1 Å². The zero-order valence-electron chi connectivity index (χ0n) is 15.2. The van der Waals surface area contributed by atoms with Gasteiger partial charge in [0.2, 0.25) is 0 Å². The maximum absolute atomic E-state index is 13.3. The first-order valence-electron chi connectivity index (χ1n) is 8.77. The molecular formula is C19H21F2NO4S2. The second kappa shape index (κ2) is 7.88. The smallest absolute Gasteiger partial charge is 0.184 e. The summed E-state index contributed by atoms with van der Waals surface area (Å²) in [5.74, 6) is -1.65. The van der Waals surface area contributed by atoms with Crippen molar-refractivity contribution in [3.05, 3.63) is 65.2 Å². The molecule has 0 aliphatic carbocycles. The predicted octanol–water partition coefficient (Wildman–Crippen LogP) is 2.04. The second-order valence-corrected chi connectivity index (χ2v) is 11.3. The Kier molecular flexibility index (Phi) is 5.88. The summed E-state index contributed by atoms with van der Waals surface area (Å²) in [4.78, 5) is -0.0543. The standard InChI is InChI=1S/C19H21F2NO4S2/c1-13-10-16(21)6-7-18(13)28(25,26)19-12-27(23,24)11-17(19)22-9-8-14-2-4-15(20)5-3-14/h2-7,10,17,19,22H,8-9,11-12H2,1H3/t17-,19-/m0/s1. The van der Waals surface area contributed by atoms with Crippen LogP contribution in [0, 0.1) is 18.6 Å². The lowest BCUT2D eigenvalue weighted by Crippen LogP contribution is -2.44. The van der Waals surface area contributed by atoms with E-state index < -0.39 is 42.5 Å². The highest BCUT2D eigenvalue weighted by molar-refractivity contribution is 7.96. The first-order valence-corrected chi connectivity index (χ1v) is 12.1. The number of halogens is 2. The Balaban J connectivity index is 1.78. The topological polar surface area (TPSA) is 80.3 Å². The van der Waals surface area contributed by atoms with Crippen molar-refractivity contribution in [2.24, 2.45) is 0 Å². The molecule has 2 atom stereocenters. The molecule has 1 aliphatic rings. The molecule has 28 heavy (non-hydrogen) atoms. The molecule has 3 rings (SSSR count). The molecule has 1 N–H and O–H groups in total. The molecule has 1 saturated heterocycles. The normalized spacial score (nSPS) is 21.7. The van der Waals surface area contributed by atoms with Gasteiger partial charge in [-0.2, -0.15) is 0 Å². The van der Waals surface area contributed by atoms with Crippen molar-refractivity contribution < 1.29 is 25.6 Å². The molecule has 1 aliphatic heterocycles. The van der Waals surface area contributed by atoms with Gasteiger partial charge in [-0.25, -0.2) is 25.6 Å². The third-order valence-electron chi connectivity index (χ3n) is 4.88. The summed E-state index contributed by atoms with van der Waals surface area (Å²) >= 11 is 0. The molecule has 5 nitrogen and oxygen atoms in total. The number of nitrogens with one attached hydrogen (secondary N) is 1. The van der Waals surface area contributed by atoms with Crippen molar-refractivity contribution in [3.8, 4) is 0 Å². The maximum atomic E-state index is 13.3. The average Bonchev–Trinajstić information content (AvgIpc) is 2.92. The molecule has 2 aromatic carbocycles. The fourth-order valence-corrected chi connectivity index (χ4v) is 8.40. The molecule has 0 saturated carbocycles. The molecule has 0 spiro atoms. The molecule has 0 unspecified atom stereocenters. The van der Waals surface area contributed by atoms with Crippen LogP contribution in [0.15, 0.2) is 47.4 Å². The van der Waals surface area contributed by atoms with E-state index in [4.69, 9.17) is 0 Å². The lowest BCUT2D eigenvalue weighted by atomic mass is 10.1. The number of aryl methyl sites for hydroxylation is 1. The van der Waals surface area contributed by atoms with Crippen LogP contribution in [0.5, 0.6) is 0 Å². The molecule has 0 bridgehead atoms. The largest absolute Gasteiger partial charge is 0.311 e. The third kappa shape index (κ3) is 4.59. The molecule has 1 heterocycles. The van der Waals surface area contributed by atoms with Crippen molar-refractivity contribution in [1.82, 2.24) is 5.32 Å². The zero-order valence-corrected chi connectivity index (χ0v) is 16.9. The van der Waals surface area contributed by atoms with Crippen molar-refractivity contribution in [1.29, 1.82) is 0 Å². The molecule has 0 radical (unpaired) electrons. The van der Waals surface area contributed by atoms with Gasteiger partial charge in [0.05, 0.1) is 21.7 Å². The second-order valence-electron chi connectivity index (χ2n) is 7.01. The summed E-state index contributed by atoms with van der Waals surface area (Å²) in [5, 5.41) is 1.89. The van der Waals surface area contributed by atoms with E-state index in [0.29, 0.717) is 13.0 Å². The van der Waals surface area contributed by atoms with Crippen LogP contribution in [0.4, 0.5) is 8.78 Å². The van der Waals surface area contributed by atoms with Crippen molar-refractivity contribution in [3.63, 3.8) is 0 Å². The number of sulfone groups is 2. The minimum Gasteiger partial charge on any atom is -0.311 e. The Morgan fingerprint density at radius 1 is 1.04 bits per heavy atom. The molecule has 1 fully saturated rings. The van der Waals surface area contributed by atoms with E-state index in [0.717, 1.165) is 17.7 Å². The Bertz CT molecular complexity index is 1070. The minimum absolute atomic E-state index is 0.0543. The molecule has 0 amide bonds. The number of hydrogen-bond donors (Lipinski definition) is 1. The predicted molar refractivity (Wildman–Crippen MR) is 103 cm³/mol. The van der Waals surface area contributed by atoms with Crippen LogP contribution in [-0.2, 0) is 26.1 Å². The third-order valence-corrected chi connectivity index (χ3v) is 9.18. The van der Waals surface area contributed by atoms with Gasteiger partial charge in [0.1, 0.15) is 11.6 Å². The lowest BCUT2D eigenvalue weighted by molar-refractivity contribution is 0.527. The number of hydrogen-bond acceptors (Lipinski definition) is 5. The summed E-state index contributed by atoms with van der Waals surface area (Å²) in [6, 6.07) is 8.50. The number of benzene rings is 2. The van der Waals surface area contributed by atoms with Crippen molar-refractivity contribution in [2.75, 3.05) is 18.1 Å². The Hall–Kier alpha value is -1.84.